The summed E-state index contributed by atoms with van der Waals surface area (Å²) in [6.07, 6.45) is 1.77. The molecule has 1 aromatic carbocycles. The fourth-order valence-electron chi connectivity index (χ4n) is 3.10. The molecule has 0 N–H and O–H groups in total. The average molecular weight is 294 g/mol. The van der Waals surface area contributed by atoms with Gasteiger partial charge in [0.15, 0.2) is 0 Å². The maximum absolute atomic E-state index is 12.5. The van der Waals surface area contributed by atoms with Crippen LogP contribution in [0.15, 0.2) is 35.3 Å². The highest BCUT2D eigenvalue weighted by Crippen LogP contribution is 2.27. The number of aromatic nitrogens is 2. The standard InChI is InChI=1S/C14H15N3O2.ClH/c18-14-13-4-2-1-3-10(13)5-15-17(14)16-6-11-8-19-9-12(11)7-16;/h1-5,11-12H,6-9H2;1H. The van der Waals surface area contributed by atoms with Crippen molar-refractivity contribution in [1.29, 1.82) is 0 Å². The summed E-state index contributed by atoms with van der Waals surface area (Å²) >= 11 is 0. The molecule has 0 radical (unpaired) electrons. The van der Waals surface area contributed by atoms with Gasteiger partial charge in [-0.3, -0.25) is 9.80 Å². The van der Waals surface area contributed by atoms with Crippen LogP contribution in [0.25, 0.3) is 10.8 Å². The molecule has 2 aliphatic rings. The minimum absolute atomic E-state index is 0. The predicted molar refractivity (Wildman–Crippen MR) is 79.0 cm³/mol. The molecular weight excluding hydrogens is 278 g/mol. The number of fused-ring (bicyclic) bond motifs is 2. The molecule has 0 spiro atoms. The lowest BCUT2D eigenvalue weighted by Gasteiger charge is -2.20. The zero-order chi connectivity index (χ0) is 12.8. The Hall–Kier alpha value is -1.59. The molecule has 2 aliphatic heterocycles. The minimum atomic E-state index is -0.0287. The highest BCUT2D eigenvalue weighted by atomic mass is 35.5. The van der Waals surface area contributed by atoms with Crippen molar-refractivity contribution in [2.45, 2.75) is 0 Å². The second-order valence-electron chi connectivity index (χ2n) is 5.36. The molecule has 0 bridgehead atoms. The summed E-state index contributed by atoms with van der Waals surface area (Å²) < 4.78 is 5.46. The Morgan fingerprint density at radius 1 is 1.15 bits per heavy atom. The number of nitrogens with zero attached hydrogens (tertiary/aromatic N) is 3. The molecule has 2 unspecified atom stereocenters. The second kappa shape index (κ2) is 5.07. The van der Waals surface area contributed by atoms with Gasteiger partial charge in [0, 0.05) is 30.3 Å². The van der Waals surface area contributed by atoms with Gasteiger partial charge in [-0.25, -0.2) is 0 Å². The van der Waals surface area contributed by atoms with Crippen molar-refractivity contribution >= 4 is 23.2 Å². The van der Waals surface area contributed by atoms with Crippen LogP contribution in [-0.4, -0.2) is 36.2 Å². The van der Waals surface area contributed by atoms with E-state index in [9.17, 15) is 4.79 Å². The first-order chi connectivity index (χ1) is 9.33. The second-order valence-corrected chi connectivity index (χ2v) is 5.36. The summed E-state index contributed by atoms with van der Waals surface area (Å²) in [6, 6.07) is 7.59. The molecule has 5 nitrogen and oxygen atoms in total. The first-order valence-electron chi connectivity index (χ1n) is 6.63. The Morgan fingerprint density at radius 3 is 2.60 bits per heavy atom. The third kappa shape index (κ3) is 1.98. The zero-order valence-corrected chi connectivity index (χ0v) is 11.8. The number of rotatable bonds is 1. The van der Waals surface area contributed by atoms with Crippen LogP contribution in [0.5, 0.6) is 0 Å². The monoisotopic (exact) mass is 293 g/mol. The SMILES string of the molecule is Cl.O=c1c2ccccc2cnn1N1CC2COCC2C1. The Kier molecular flexibility index (Phi) is 3.40. The summed E-state index contributed by atoms with van der Waals surface area (Å²) in [5, 5.41) is 7.98. The molecular formula is C14H16ClN3O2. The molecule has 0 aliphatic carbocycles. The van der Waals surface area contributed by atoms with E-state index in [2.05, 4.69) is 5.10 Å². The molecule has 2 fully saturated rings. The predicted octanol–water partition coefficient (Wildman–Crippen LogP) is 1.03. The van der Waals surface area contributed by atoms with Crippen LogP contribution in [0.1, 0.15) is 0 Å². The number of ether oxygens (including phenoxy) is 1. The van der Waals surface area contributed by atoms with E-state index in [0.717, 1.165) is 37.1 Å². The first-order valence-corrected chi connectivity index (χ1v) is 6.63. The lowest BCUT2D eigenvalue weighted by Crippen LogP contribution is -2.43. The molecule has 20 heavy (non-hydrogen) atoms. The third-order valence-corrected chi connectivity index (χ3v) is 4.17. The van der Waals surface area contributed by atoms with Crippen LogP contribution in [-0.2, 0) is 4.74 Å². The number of hydrogen-bond acceptors (Lipinski definition) is 4. The van der Waals surface area contributed by atoms with Crippen LogP contribution in [0.4, 0.5) is 0 Å². The van der Waals surface area contributed by atoms with E-state index in [1.54, 1.807) is 6.20 Å². The van der Waals surface area contributed by atoms with Gasteiger partial charge < -0.3 is 4.74 Å². The van der Waals surface area contributed by atoms with Crippen LogP contribution in [0, 0.1) is 11.8 Å². The zero-order valence-electron chi connectivity index (χ0n) is 10.9. The van der Waals surface area contributed by atoms with Crippen molar-refractivity contribution < 1.29 is 4.74 Å². The van der Waals surface area contributed by atoms with Gasteiger partial charge in [-0.05, 0) is 6.07 Å². The van der Waals surface area contributed by atoms with E-state index in [1.165, 1.54) is 4.79 Å². The average Bonchev–Trinajstić information content (AvgIpc) is 3.00. The molecule has 2 aromatic rings. The van der Waals surface area contributed by atoms with Crippen molar-refractivity contribution in [1.82, 2.24) is 9.89 Å². The summed E-state index contributed by atoms with van der Waals surface area (Å²) in [5.41, 5.74) is -0.0287. The molecule has 106 valence electrons. The Labute approximate surface area is 122 Å². The summed E-state index contributed by atoms with van der Waals surface area (Å²) in [4.78, 5) is 14.0. The van der Waals surface area contributed by atoms with E-state index < -0.39 is 0 Å². The van der Waals surface area contributed by atoms with Crippen molar-refractivity contribution in [3.8, 4) is 0 Å². The molecule has 4 rings (SSSR count). The van der Waals surface area contributed by atoms with Gasteiger partial charge >= 0.3 is 0 Å². The Morgan fingerprint density at radius 2 is 1.85 bits per heavy atom. The van der Waals surface area contributed by atoms with Crippen molar-refractivity contribution in [2.75, 3.05) is 31.3 Å². The van der Waals surface area contributed by atoms with Gasteiger partial charge in [0.2, 0.25) is 0 Å². The van der Waals surface area contributed by atoms with Crippen LogP contribution in [0.3, 0.4) is 0 Å². The number of halogens is 1. The molecule has 0 saturated carbocycles. The highest BCUT2D eigenvalue weighted by Gasteiger charge is 2.38. The van der Waals surface area contributed by atoms with Crippen molar-refractivity contribution in [3.63, 3.8) is 0 Å². The third-order valence-electron chi connectivity index (χ3n) is 4.17. The summed E-state index contributed by atoms with van der Waals surface area (Å²) in [7, 11) is 0. The Bertz CT molecular complexity index is 675. The fourth-order valence-corrected chi connectivity index (χ4v) is 3.10. The van der Waals surface area contributed by atoms with Crippen LogP contribution in [0.2, 0.25) is 0 Å². The van der Waals surface area contributed by atoms with Gasteiger partial charge in [-0.1, -0.05) is 18.2 Å². The van der Waals surface area contributed by atoms with Gasteiger partial charge in [0.25, 0.3) is 5.56 Å². The van der Waals surface area contributed by atoms with Gasteiger partial charge in [-0.2, -0.15) is 5.10 Å². The largest absolute Gasteiger partial charge is 0.381 e. The van der Waals surface area contributed by atoms with Crippen LogP contribution >= 0.6 is 12.4 Å². The summed E-state index contributed by atoms with van der Waals surface area (Å²) in [6.45, 7) is 3.33. The smallest absolute Gasteiger partial charge is 0.293 e. The Balaban J connectivity index is 0.00000121. The van der Waals surface area contributed by atoms with Gasteiger partial charge in [0.1, 0.15) is 0 Å². The number of benzene rings is 1. The van der Waals surface area contributed by atoms with Gasteiger partial charge in [0.05, 0.1) is 24.8 Å². The van der Waals surface area contributed by atoms with E-state index in [4.69, 9.17) is 4.74 Å². The van der Waals surface area contributed by atoms with E-state index in [0.29, 0.717) is 11.8 Å². The maximum Gasteiger partial charge on any atom is 0.293 e. The molecule has 0 amide bonds. The van der Waals surface area contributed by atoms with Gasteiger partial charge in [-0.15, -0.1) is 17.2 Å². The maximum atomic E-state index is 12.5. The lowest BCUT2D eigenvalue weighted by atomic mass is 10.0. The molecule has 2 atom stereocenters. The first kappa shape index (κ1) is 13.4. The quantitative estimate of drug-likeness (QED) is 0.788. The molecule has 3 heterocycles. The normalized spacial score (nSPS) is 24.7. The molecule has 6 heteroatoms. The molecule has 2 saturated heterocycles. The highest BCUT2D eigenvalue weighted by molar-refractivity contribution is 5.85. The van der Waals surface area contributed by atoms with Crippen molar-refractivity contribution in [3.05, 3.63) is 40.8 Å². The fraction of sp³-hybridized carbons (Fsp3) is 0.429. The van der Waals surface area contributed by atoms with Crippen molar-refractivity contribution in [2.24, 2.45) is 11.8 Å². The lowest BCUT2D eigenvalue weighted by molar-refractivity contribution is 0.175. The number of hydrogen-bond donors (Lipinski definition) is 0. The summed E-state index contributed by atoms with van der Waals surface area (Å²) in [5.74, 6) is 1.08. The molecule has 1 aromatic heterocycles. The van der Waals surface area contributed by atoms with Crippen LogP contribution < -0.4 is 10.6 Å². The van der Waals surface area contributed by atoms with E-state index in [-0.39, 0.29) is 18.0 Å². The topological polar surface area (TPSA) is 47.4 Å². The van der Waals surface area contributed by atoms with E-state index >= 15 is 0 Å². The van der Waals surface area contributed by atoms with E-state index in [1.807, 2.05) is 29.3 Å². The minimum Gasteiger partial charge on any atom is -0.381 e.